The molecular formula is C14H19N3O2. The lowest BCUT2D eigenvalue weighted by atomic mass is 10.1. The Morgan fingerprint density at radius 2 is 2.00 bits per heavy atom. The SMILES string of the molecule is CCOC(CC)c1noc([C@H](N)c2ccccc2)n1. The Morgan fingerprint density at radius 3 is 2.63 bits per heavy atom. The molecule has 19 heavy (non-hydrogen) atoms. The van der Waals surface area contributed by atoms with Crippen molar-refractivity contribution in [3.05, 3.63) is 47.6 Å². The molecule has 5 nitrogen and oxygen atoms in total. The molecule has 2 N–H and O–H groups in total. The Kier molecular flexibility index (Phi) is 4.65. The molecule has 5 heteroatoms. The van der Waals surface area contributed by atoms with Gasteiger partial charge in [0.05, 0.1) is 0 Å². The highest BCUT2D eigenvalue weighted by atomic mass is 16.5. The van der Waals surface area contributed by atoms with E-state index in [1.54, 1.807) is 0 Å². The Morgan fingerprint density at radius 1 is 1.26 bits per heavy atom. The molecule has 2 atom stereocenters. The van der Waals surface area contributed by atoms with Crippen LogP contribution in [-0.4, -0.2) is 16.7 Å². The average Bonchev–Trinajstić information content (AvgIpc) is 2.94. The molecule has 0 aliphatic carbocycles. The van der Waals surface area contributed by atoms with Crippen LogP contribution in [0, 0.1) is 0 Å². The molecule has 2 aromatic rings. The van der Waals surface area contributed by atoms with Gasteiger partial charge in [0.25, 0.3) is 0 Å². The number of nitrogens with zero attached hydrogens (tertiary/aromatic N) is 2. The lowest BCUT2D eigenvalue weighted by molar-refractivity contribution is 0.0518. The second-order valence-corrected chi connectivity index (χ2v) is 4.23. The molecule has 1 aromatic carbocycles. The summed E-state index contributed by atoms with van der Waals surface area (Å²) in [5, 5.41) is 3.96. The van der Waals surface area contributed by atoms with Crippen LogP contribution in [0.15, 0.2) is 34.9 Å². The molecule has 0 fully saturated rings. The van der Waals surface area contributed by atoms with E-state index in [9.17, 15) is 0 Å². The Bertz CT molecular complexity index is 498. The lowest BCUT2D eigenvalue weighted by Gasteiger charge is -2.09. The van der Waals surface area contributed by atoms with Gasteiger partial charge < -0.3 is 15.0 Å². The average molecular weight is 261 g/mol. The normalized spacial score (nSPS) is 14.3. The van der Waals surface area contributed by atoms with Crippen LogP contribution < -0.4 is 5.73 Å². The molecular weight excluding hydrogens is 242 g/mol. The summed E-state index contributed by atoms with van der Waals surface area (Å²) >= 11 is 0. The third-order valence-corrected chi connectivity index (χ3v) is 2.91. The first-order chi connectivity index (χ1) is 9.26. The van der Waals surface area contributed by atoms with Crippen LogP contribution in [-0.2, 0) is 4.74 Å². The summed E-state index contributed by atoms with van der Waals surface area (Å²) in [4.78, 5) is 4.35. The number of ether oxygens (including phenoxy) is 1. The van der Waals surface area contributed by atoms with E-state index in [1.807, 2.05) is 44.2 Å². The predicted molar refractivity (Wildman–Crippen MR) is 71.4 cm³/mol. The topological polar surface area (TPSA) is 74.2 Å². The molecule has 0 aliphatic rings. The number of aromatic nitrogens is 2. The van der Waals surface area contributed by atoms with E-state index >= 15 is 0 Å². The third-order valence-electron chi connectivity index (χ3n) is 2.91. The fourth-order valence-electron chi connectivity index (χ4n) is 1.88. The fourth-order valence-corrected chi connectivity index (χ4v) is 1.88. The van der Waals surface area contributed by atoms with Gasteiger partial charge in [-0.1, -0.05) is 42.4 Å². The van der Waals surface area contributed by atoms with E-state index in [0.717, 1.165) is 12.0 Å². The Labute approximate surface area is 112 Å². The summed E-state index contributed by atoms with van der Waals surface area (Å²) in [5.74, 6) is 0.977. The Balaban J connectivity index is 2.16. The second-order valence-electron chi connectivity index (χ2n) is 4.23. The standard InChI is InChI=1S/C14H19N3O2/c1-3-11(18-4-2)13-16-14(19-17-13)12(15)10-8-6-5-7-9-10/h5-9,11-12H,3-4,15H2,1-2H3/t11?,12-/m1/s1. The number of hydrogen-bond donors (Lipinski definition) is 1. The third kappa shape index (κ3) is 3.19. The number of rotatable bonds is 6. The van der Waals surface area contributed by atoms with Crippen molar-refractivity contribution in [2.75, 3.05) is 6.61 Å². The van der Waals surface area contributed by atoms with Crippen molar-refractivity contribution in [3.63, 3.8) is 0 Å². The molecule has 0 radical (unpaired) electrons. The molecule has 0 amide bonds. The van der Waals surface area contributed by atoms with Crippen LogP contribution in [0.2, 0.25) is 0 Å². The summed E-state index contributed by atoms with van der Waals surface area (Å²) in [6.07, 6.45) is 0.665. The fraction of sp³-hybridized carbons (Fsp3) is 0.429. The highest BCUT2D eigenvalue weighted by molar-refractivity contribution is 5.23. The lowest BCUT2D eigenvalue weighted by Crippen LogP contribution is -2.12. The molecule has 0 spiro atoms. The molecule has 2 rings (SSSR count). The summed E-state index contributed by atoms with van der Waals surface area (Å²) in [5.41, 5.74) is 7.05. The quantitative estimate of drug-likeness (QED) is 0.865. The van der Waals surface area contributed by atoms with Crippen molar-refractivity contribution in [1.29, 1.82) is 0 Å². The van der Waals surface area contributed by atoms with E-state index in [0.29, 0.717) is 18.3 Å². The summed E-state index contributed by atoms with van der Waals surface area (Å²) in [7, 11) is 0. The van der Waals surface area contributed by atoms with Crippen LogP contribution in [0.3, 0.4) is 0 Å². The van der Waals surface area contributed by atoms with Gasteiger partial charge in [0.15, 0.2) is 0 Å². The first-order valence-electron chi connectivity index (χ1n) is 6.51. The zero-order chi connectivity index (χ0) is 13.7. The largest absolute Gasteiger partial charge is 0.370 e. The van der Waals surface area contributed by atoms with Crippen molar-refractivity contribution < 1.29 is 9.26 Å². The maximum absolute atomic E-state index is 6.11. The highest BCUT2D eigenvalue weighted by Gasteiger charge is 2.21. The summed E-state index contributed by atoms with van der Waals surface area (Å²) < 4.78 is 10.8. The molecule has 102 valence electrons. The molecule has 0 saturated heterocycles. The van der Waals surface area contributed by atoms with E-state index in [2.05, 4.69) is 10.1 Å². The van der Waals surface area contributed by atoms with Crippen molar-refractivity contribution >= 4 is 0 Å². The van der Waals surface area contributed by atoms with Gasteiger partial charge >= 0.3 is 0 Å². The van der Waals surface area contributed by atoms with Gasteiger partial charge in [-0.3, -0.25) is 0 Å². The molecule has 1 unspecified atom stereocenters. The van der Waals surface area contributed by atoms with E-state index in [4.69, 9.17) is 15.0 Å². The predicted octanol–water partition coefficient (Wildman–Crippen LogP) is 2.61. The van der Waals surface area contributed by atoms with E-state index < -0.39 is 6.04 Å². The van der Waals surface area contributed by atoms with Gasteiger partial charge in [-0.2, -0.15) is 4.98 Å². The van der Waals surface area contributed by atoms with Crippen LogP contribution in [0.1, 0.15) is 49.7 Å². The zero-order valence-corrected chi connectivity index (χ0v) is 11.2. The van der Waals surface area contributed by atoms with Gasteiger partial charge in [-0.05, 0) is 18.9 Å². The van der Waals surface area contributed by atoms with E-state index in [1.165, 1.54) is 0 Å². The number of benzene rings is 1. The van der Waals surface area contributed by atoms with Crippen molar-refractivity contribution in [3.8, 4) is 0 Å². The molecule has 0 bridgehead atoms. The monoisotopic (exact) mass is 261 g/mol. The summed E-state index contributed by atoms with van der Waals surface area (Å²) in [6.45, 7) is 4.58. The highest BCUT2D eigenvalue weighted by Crippen LogP contribution is 2.22. The molecule has 0 saturated carbocycles. The zero-order valence-electron chi connectivity index (χ0n) is 11.2. The molecule has 1 aromatic heterocycles. The first-order valence-corrected chi connectivity index (χ1v) is 6.51. The minimum atomic E-state index is -0.401. The van der Waals surface area contributed by atoms with Crippen LogP contribution in [0.4, 0.5) is 0 Å². The van der Waals surface area contributed by atoms with Gasteiger partial charge in [-0.15, -0.1) is 0 Å². The maximum Gasteiger partial charge on any atom is 0.248 e. The van der Waals surface area contributed by atoms with Crippen LogP contribution in [0.25, 0.3) is 0 Å². The molecule has 1 heterocycles. The minimum Gasteiger partial charge on any atom is -0.370 e. The summed E-state index contributed by atoms with van der Waals surface area (Å²) in [6, 6.07) is 9.28. The van der Waals surface area contributed by atoms with Crippen LogP contribution >= 0.6 is 0 Å². The smallest absolute Gasteiger partial charge is 0.248 e. The van der Waals surface area contributed by atoms with Gasteiger partial charge in [0, 0.05) is 6.61 Å². The van der Waals surface area contributed by atoms with Gasteiger partial charge in [-0.25, -0.2) is 0 Å². The second kappa shape index (κ2) is 6.45. The van der Waals surface area contributed by atoms with Crippen molar-refractivity contribution in [2.24, 2.45) is 5.73 Å². The maximum atomic E-state index is 6.11. The number of nitrogens with two attached hydrogens (primary N) is 1. The minimum absolute atomic E-state index is 0.134. The van der Waals surface area contributed by atoms with Gasteiger partial charge in [0.1, 0.15) is 12.1 Å². The van der Waals surface area contributed by atoms with Crippen molar-refractivity contribution in [2.45, 2.75) is 32.4 Å². The van der Waals surface area contributed by atoms with E-state index in [-0.39, 0.29) is 6.10 Å². The van der Waals surface area contributed by atoms with Crippen molar-refractivity contribution in [1.82, 2.24) is 10.1 Å². The molecule has 0 aliphatic heterocycles. The Hall–Kier alpha value is -1.72. The number of hydrogen-bond acceptors (Lipinski definition) is 5. The first kappa shape index (κ1) is 13.7. The van der Waals surface area contributed by atoms with Gasteiger partial charge in [0.2, 0.25) is 11.7 Å². The van der Waals surface area contributed by atoms with Crippen LogP contribution in [0.5, 0.6) is 0 Å².